The minimum atomic E-state index is -3.70. The Kier molecular flexibility index (Phi) is 5.34. The average molecular weight is 313 g/mol. The number of nitrogens with one attached hydrogen (secondary N) is 1. The largest absolute Gasteiger partial charge is 0.481 e. The van der Waals surface area contributed by atoms with Crippen LogP contribution < -0.4 is 4.72 Å². The van der Waals surface area contributed by atoms with Crippen molar-refractivity contribution in [1.82, 2.24) is 4.72 Å². The highest BCUT2D eigenvalue weighted by molar-refractivity contribution is 7.90. The van der Waals surface area contributed by atoms with E-state index in [4.69, 9.17) is 5.11 Å². The lowest BCUT2D eigenvalue weighted by Crippen LogP contribution is -2.39. The number of hydrogen-bond donors (Lipinski definition) is 2. The molecule has 9 heteroatoms. The predicted octanol–water partition coefficient (Wildman–Crippen LogP) is -0.406. The topological polar surface area (TPSA) is 118 Å². The number of carboxylic acid groups (broad SMARTS) is 1. The van der Waals surface area contributed by atoms with Crippen LogP contribution in [0.25, 0.3) is 0 Å². The van der Waals surface area contributed by atoms with Crippen LogP contribution in [0.2, 0.25) is 0 Å². The average Bonchev–Trinajstić information content (AvgIpc) is 2.72. The van der Waals surface area contributed by atoms with E-state index in [9.17, 15) is 21.6 Å². The molecular formula is C10H19NO6S2. The van der Waals surface area contributed by atoms with Crippen LogP contribution in [0.15, 0.2) is 0 Å². The van der Waals surface area contributed by atoms with Crippen molar-refractivity contribution < 1.29 is 26.7 Å². The van der Waals surface area contributed by atoms with Crippen molar-refractivity contribution in [2.75, 3.05) is 18.6 Å². The van der Waals surface area contributed by atoms with E-state index in [0.717, 1.165) is 6.26 Å². The third-order valence-corrected chi connectivity index (χ3v) is 6.16. The molecule has 0 radical (unpaired) electrons. The fraction of sp³-hybridized carbons (Fsp3) is 0.900. The third-order valence-electron chi connectivity index (χ3n) is 3.16. The fourth-order valence-corrected chi connectivity index (χ4v) is 4.71. The van der Waals surface area contributed by atoms with Gasteiger partial charge in [0.2, 0.25) is 10.0 Å². The molecule has 1 saturated carbocycles. The molecule has 0 heterocycles. The number of sulfonamides is 1. The van der Waals surface area contributed by atoms with Crippen molar-refractivity contribution in [1.29, 1.82) is 0 Å². The molecule has 1 aliphatic carbocycles. The van der Waals surface area contributed by atoms with Gasteiger partial charge in [0.1, 0.15) is 9.84 Å². The molecule has 0 aliphatic heterocycles. The van der Waals surface area contributed by atoms with Crippen molar-refractivity contribution in [2.45, 2.75) is 30.9 Å². The summed E-state index contributed by atoms with van der Waals surface area (Å²) in [6.07, 6.45) is 2.54. The van der Waals surface area contributed by atoms with Crippen LogP contribution in [0, 0.1) is 5.92 Å². The Bertz CT molecular complexity index is 524. The summed E-state index contributed by atoms with van der Waals surface area (Å²) in [5, 5.41) is 8.04. The number of carboxylic acids is 1. The van der Waals surface area contributed by atoms with Gasteiger partial charge in [0.05, 0.1) is 16.9 Å². The molecule has 0 aromatic rings. The first-order chi connectivity index (χ1) is 8.63. The second-order valence-corrected chi connectivity index (χ2v) is 9.08. The van der Waals surface area contributed by atoms with Crippen LogP contribution in [0.1, 0.15) is 25.7 Å². The first-order valence-corrected chi connectivity index (χ1v) is 9.63. The Morgan fingerprint density at radius 3 is 2.42 bits per heavy atom. The zero-order chi connectivity index (χ0) is 14.7. The summed E-state index contributed by atoms with van der Waals surface area (Å²) in [5.41, 5.74) is 0. The highest BCUT2D eigenvalue weighted by Gasteiger charge is 2.41. The first-order valence-electron chi connectivity index (χ1n) is 6.02. The van der Waals surface area contributed by atoms with Crippen LogP contribution in [0.3, 0.4) is 0 Å². The summed E-state index contributed by atoms with van der Waals surface area (Å²) >= 11 is 0. The maximum Gasteiger partial charge on any atom is 0.307 e. The van der Waals surface area contributed by atoms with Gasteiger partial charge < -0.3 is 5.11 Å². The van der Waals surface area contributed by atoms with Gasteiger partial charge in [-0.1, -0.05) is 6.42 Å². The Labute approximate surface area is 113 Å². The summed E-state index contributed by atoms with van der Waals surface area (Å²) in [5.74, 6) is -2.06. The van der Waals surface area contributed by atoms with Crippen LogP contribution in [0.5, 0.6) is 0 Å². The van der Waals surface area contributed by atoms with E-state index in [1.54, 1.807) is 0 Å². The van der Waals surface area contributed by atoms with E-state index in [-0.39, 0.29) is 18.7 Å². The van der Waals surface area contributed by atoms with E-state index in [2.05, 4.69) is 4.72 Å². The summed E-state index contributed by atoms with van der Waals surface area (Å²) in [6.45, 7) is 0.0121. The monoisotopic (exact) mass is 313 g/mol. The van der Waals surface area contributed by atoms with Gasteiger partial charge in [-0.2, -0.15) is 0 Å². The molecule has 0 spiro atoms. The van der Waals surface area contributed by atoms with Crippen LogP contribution in [-0.4, -0.2) is 51.7 Å². The maximum absolute atomic E-state index is 11.9. The van der Waals surface area contributed by atoms with E-state index in [0.29, 0.717) is 19.3 Å². The third kappa shape index (κ3) is 5.07. The quantitative estimate of drug-likeness (QED) is 0.617. The number of hydrogen-bond acceptors (Lipinski definition) is 5. The van der Waals surface area contributed by atoms with E-state index in [1.807, 2.05) is 0 Å². The van der Waals surface area contributed by atoms with Crippen molar-refractivity contribution in [3.8, 4) is 0 Å². The fourth-order valence-electron chi connectivity index (χ4n) is 2.24. The molecule has 2 atom stereocenters. The molecule has 2 N–H and O–H groups in total. The molecule has 1 rings (SSSR count). The van der Waals surface area contributed by atoms with Crippen LogP contribution >= 0.6 is 0 Å². The van der Waals surface area contributed by atoms with Gasteiger partial charge in [-0.25, -0.2) is 21.6 Å². The highest BCUT2D eigenvalue weighted by atomic mass is 32.2. The zero-order valence-corrected chi connectivity index (χ0v) is 12.3. The molecule has 1 fully saturated rings. The number of carbonyl (C=O) groups is 1. The van der Waals surface area contributed by atoms with E-state index < -0.39 is 37.0 Å². The lowest BCUT2D eigenvalue weighted by molar-refractivity contribution is -0.141. The normalized spacial score (nSPS) is 24.5. The Morgan fingerprint density at radius 2 is 1.89 bits per heavy atom. The summed E-state index contributed by atoms with van der Waals surface area (Å²) in [6, 6.07) is 0. The molecular weight excluding hydrogens is 294 g/mol. The summed E-state index contributed by atoms with van der Waals surface area (Å²) in [4.78, 5) is 10.9. The van der Waals surface area contributed by atoms with Gasteiger partial charge >= 0.3 is 5.97 Å². The first kappa shape index (κ1) is 16.4. The molecule has 1 aliphatic rings. The number of rotatable bonds is 7. The molecule has 7 nitrogen and oxygen atoms in total. The second-order valence-electron chi connectivity index (χ2n) is 4.84. The molecule has 0 aromatic carbocycles. The van der Waals surface area contributed by atoms with Gasteiger partial charge in [0.15, 0.2) is 0 Å². The minimum Gasteiger partial charge on any atom is -0.481 e. The predicted molar refractivity (Wildman–Crippen MR) is 70.0 cm³/mol. The van der Waals surface area contributed by atoms with Gasteiger partial charge in [-0.15, -0.1) is 0 Å². The van der Waals surface area contributed by atoms with Crippen molar-refractivity contribution in [3.05, 3.63) is 0 Å². The Hall–Kier alpha value is -0.670. The Balaban J connectivity index is 2.54. The SMILES string of the molecule is CS(=O)(=O)CCCNS(=O)(=O)C1CCCC1C(=O)O. The molecule has 112 valence electrons. The molecule has 0 aromatic heterocycles. The summed E-state index contributed by atoms with van der Waals surface area (Å²) < 4.78 is 48.0. The smallest absolute Gasteiger partial charge is 0.307 e. The number of aliphatic carboxylic acids is 1. The van der Waals surface area contributed by atoms with Crippen molar-refractivity contribution >= 4 is 25.8 Å². The van der Waals surface area contributed by atoms with Gasteiger partial charge in [0.25, 0.3) is 0 Å². The summed E-state index contributed by atoms with van der Waals surface area (Å²) in [7, 11) is -6.81. The lowest BCUT2D eigenvalue weighted by atomic mass is 10.1. The van der Waals surface area contributed by atoms with Gasteiger partial charge in [-0.05, 0) is 19.3 Å². The van der Waals surface area contributed by atoms with Crippen LogP contribution in [0.4, 0.5) is 0 Å². The van der Waals surface area contributed by atoms with E-state index >= 15 is 0 Å². The highest BCUT2D eigenvalue weighted by Crippen LogP contribution is 2.30. The molecule has 0 bridgehead atoms. The standard InChI is InChI=1S/C10H19NO6S2/c1-18(14,15)7-3-6-11-19(16,17)9-5-2-4-8(9)10(12)13/h8-9,11H,2-7H2,1H3,(H,12,13). The second kappa shape index (κ2) is 6.19. The molecule has 2 unspecified atom stereocenters. The molecule has 0 saturated heterocycles. The van der Waals surface area contributed by atoms with Gasteiger partial charge in [-0.3, -0.25) is 4.79 Å². The Morgan fingerprint density at radius 1 is 1.26 bits per heavy atom. The maximum atomic E-state index is 11.9. The molecule has 0 amide bonds. The zero-order valence-electron chi connectivity index (χ0n) is 10.7. The van der Waals surface area contributed by atoms with Gasteiger partial charge in [0, 0.05) is 12.8 Å². The van der Waals surface area contributed by atoms with Crippen molar-refractivity contribution in [3.63, 3.8) is 0 Å². The number of sulfone groups is 1. The van der Waals surface area contributed by atoms with Crippen LogP contribution in [-0.2, 0) is 24.7 Å². The molecule has 19 heavy (non-hydrogen) atoms. The van der Waals surface area contributed by atoms with Crippen molar-refractivity contribution in [2.24, 2.45) is 5.92 Å². The lowest BCUT2D eigenvalue weighted by Gasteiger charge is -2.17. The van der Waals surface area contributed by atoms with E-state index in [1.165, 1.54) is 0 Å². The minimum absolute atomic E-state index is 0.0121.